The first-order valence-electron chi connectivity index (χ1n) is 5.30. The summed E-state index contributed by atoms with van der Waals surface area (Å²) in [6.07, 6.45) is 0. The average molecular weight is 358 g/mol. The number of methoxy groups -OCH3 is 1. The van der Waals surface area contributed by atoms with Crippen LogP contribution in [0.5, 0.6) is 11.5 Å². The molecule has 6 nitrogen and oxygen atoms in total. The molecule has 104 valence electrons. The molecule has 2 aromatic rings. The number of esters is 1. The third-order valence-electron chi connectivity index (χ3n) is 2.34. The highest BCUT2D eigenvalue weighted by Gasteiger charge is 2.20. The van der Waals surface area contributed by atoms with Crippen LogP contribution in [0.4, 0.5) is 5.69 Å². The Morgan fingerprint density at radius 3 is 2.75 bits per heavy atom. The Morgan fingerprint density at radius 2 is 2.10 bits per heavy atom. The number of rotatable bonds is 4. The van der Waals surface area contributed by atoms with Gasteiger partial charge in [0.25, 0.3) is 0 Å². The van der Waals surface area contributed by atoms with Crippen molar-refractivity contribution in [3.8, 4) is 11.5 Å². The van der Waals surface area contributed by atoms with Crippen LogP contribution in [0.2, 0.25) is 0 Å². The normalized spacial score (nSPS) is 10.1. The Morgan fingerprint density at radius 1 is 1.35 bits per heavy atom. The molecule has 1 aromatic carbocycles. The lowest BCUT2D eigenvalue weighted by Gasteiger charge is -2.06. The van der Waals surface area contributed by atoms with Gasteiger partial charge in [0, 0.05) is 10.5 Å². The van der Waals surface area contributed by atoms with Crippen LogP contribution in [0.1, 0.15) is 9.67 Å². The number of thiophene rings is 1. The summed E-state index contributed by atoms with van der Waals surface area (Å²) in [5.41, 5.74) is -0.193. The summed E-state index contributed by atoms with van der Waals surface area (Å²) in [4.78, 5) is 22.2. The number of nitro benzene ring substituents is 1. The van der Waals surface area contributed by atoms with Gasteiger partial charge in [0.1, 0.15) is 0 Å². The first-order valence-corrected chi connectivity index (χ1v) is 6.98. The van der Waals surface area contributed by atoms with E-state index in [2.05, 4.69) is 20.7 Å². The van der Waals surface area contributed by atoms with Crippen molar-refractivity contribution in [2.24, 2.45) is 0 Å². The molecule has 20 heavy (non-hydrogen) atoms. The minimum absolute atomic E-state index is 0.0572. The number of carbonyl (C=O) groups excluding carboxylic acids is 1. The van der Waals surface area contributed by atoms with Gasteiger partial charge >= 0.3 is 11.7 Å². The first-order chi connectivity index (χ1) is 9.52. The number of nitro groups is 1. The van der Waals surface area contributed by atoms with Crippen LogP contribution in [-0.2, 0) is 4.74 Å². The molecule has 0 saturated carbocycles. The van der Waals surface area contributed by atoms with Crippen LogP contribution in [-0.4, -0.2) is 18.0 Å². The molecule has 0 radical (unpaired) electrons. The van der Waals surface area contributed by atoms with E-state index in [1.54, 1.807) is 17.5 Å². The lowest BCUT2D eigenvalue weighted by atomic mass is 10.3. The van der Waals surface area contributed by atoms with Gasteiger partial charge in [0.15, 0.2) is 10.6 Å². The Kier molecular flexibility index (Phi) is 4.35. The van der Waals surface area contributed by atoms with Gasteiger partial charge in [-0.15, -0.1) is 11.3 Å². The molecule has 0 bridgehead atoms. The lowest BCUT2D eigenvalue weighted by Crippen LogP contribution is -2.01. The SMILES string of the molecule is COC(=O)c1sccc1Oc1ccc(Br)cc1[N+](=O)[O-]. The van der Waals surface area contributed by atoms with Gasteiger partial charge in [-0.05, 0) is 23.6 Å². The summed E-state index contributed by atoms with van der Waals surface area (Å²) in [5, 5.41) is 12.6. The summed E-state index contributed by atoms with van der Waals surface area (Å²) < 4.78 is 10.7. The van der Waals surface area contributed by atoms with E-state index in [1.165, 1.54) is 19.2 Å². The van der Waals surface area contributed by atoms with E-state index in [1.807, 2.05) is 0 Å². The van der Waals surface area contributed by atoms with E-state index >= 15 is 0 Å². The van der Waals surface area contributed by atoms with E-state index < -0.39 is 10.9 Å². The van der Waals surface area contributed by atoms with E-state index in [-0.39, 0.29) is 22.1 Å². The van der Waals surface area contributed by atoms with Crippen LogP contribution in [0.15, 0.2) is 34.1 Å². The Balaban J connectivity index is 2.38. The molecule has 0 aliphatic heterocycles. The second-order valence-electron chi connectivity index (χ2n) is 3.58. The van der Waals surface area contributed by atoms with E-state index in [0.29, 0.717) is 4.47 Å². The van der Waals surface area contributed by atoms with Crippen LogP contribution in [0, 0.1) is 10.1 Å². The van der Waals surface area contributed by atoms with Crippen LogP contribution in [0.25, 0.3) is 0 Å². The molecule has 0 unspecified atom stereocenters. The van der Waals surface area contributed by atoms with Crippen molar-refractivity contribution in [3.63, 3.8) is 0 Å². The number of hydrogen-bond acceptors (Lipinski definition) is 6. The fourth-order valence-corrected chi connectivity index (χ4v) is 2.54. The molecule has 0 aliphatic rings. The van der Waals surface area contributed by atoms with Crippen molar-refractivity contribution < 1.29 is 19.2 Å². The number of hydrogen-bond donors (Lipinski definition) is 0. The van der Waals surface area contributed by atoms with E-state index in [4.69, 9.17) is 4.74 Å². The zero-order valence-corrected chi connectivity index (χ0v) is 12.6. The molecule has 8 heteroatoms. The van der Waals surface area contributed by atoms with Crippen molar-refractivity contribution in [2.75, 3.05) is 7.11 Å². The van der Waals surface area contributed by atoms with Gasteiger partial charge in [-0.25, -0.2) is 4.79 Å². The van der Waals surface area contributed by atoms with E-state index in [0.717, 1.165) is 11.3 Å². The largest absolute Gasteiger partial charge is 0.465 e. The van der Waals surface area contributed by atoms with Crippen molar-refractivity contribution in [3.05, 3.63) is 49.1 Å². The molecule has 0 atom stereocenters. The third kappa shape index (κ3) is 2.97. The maximum absolute atomic E-state index is 11.5. The molecule has 0 aliphatic carbocycles. The predicted molar refractivity (Wildman–Crippen MR) is 76.5 cm³/mol. The van der Waals surface area contributed by atoms with Crippen LogP contribution >= 0.6 is 27.3 Å². The molecule has 2 rings (SSSR count). The molecular formula is C12H8BrNO5S. The summed E-state index contributed by atoms with van der Waals surface area (Å²) in [5.74, 6) is -0.260. The number of ether oxygens (including phenoxy) is 2. The summed E-state index contributed by atoms with van der Waals surface area (Å²) in [6, 6.07) is 5.97. The minimum Gasteiger partial charge on any atom is -0.465 e. The lowest BCUT2D eigenvalue weighted by molar-refractivity contribution is -0.385. The van der Waals surface area contributed by atoms with Gasteiger partial charge < -0.3 is 9.47 Å². The number of nitrogens with zero attached hydrogens (tertiary/aromatic N) is 1. The summed E-state index contributed by atoms with van der Waals surface area (Å²) in [6.45, 7) is 0. The Hall–Kier alpha value is -1.93. The fourth-order valence-electron chi connectivity index (χ4n) is 1.46. The monoisotopic (exact) mass is 357 g/mol. The van der Waals surface area contributed by atoms with Crippen molar-refractivity contribution in [1.82, 2.24) is 0 Å². The standard InChI is InChI=1S/C12H8BrNO5S/c1-18-12(15)11-10(4-5-20-11)19-9-3-2-7(13)6-8(9)14(16)17/h2-6H,1H3. The minimum atomic E-state index is -0.551. The molecule has 1 heterocycles. The second kappa shape index (κ2) is 6.02. The smallest absolute Gasteiger partial charge is 0.351 e. The third-order valence-corrected chi connectivity index (χ3v) is 3.71. The molecular weight excluding hydrogens is 350 g/mol. The highest BCUT2D eigenvalue weighted by Crippen LogP contribution is 2.36. The Bertz CT molecular complexity index is 670. The zero-order valence-electron chi connectivity index (χ0n) is 10.2. The molecule has 0 spiro atoms. The summed E-state index contributed by atoms with van der Waals surface area (Å²) in [7, 11) is 1.26. The van der Waals surface area contributed by atoms with Crippen molar-refractivity contribution >= 4 is 38.9 Å². The van der Waals surface area contributed by atoms with Crippen molar-refractivity contribution in [2.45, 2.75) is 0 Å². The quantitative estimate of drug-likeness (QED) is 0.469. The maximum Gasteiger partial charge on any atom is 0.351 e. The van der Waals surface area contributed by atoms with Crippen molar-refractivity contribution in [1.29, 1.82) is 0 Å². The number of benzene rings is 1. The topological polar surface area (TPSA) is 78.7 Å². The maximum atomic E-state index is 11.5. The fraction of sp³-hybridized carbons (Fsp3) is 0.0833. The second-order valence-corrected chi connectivity index (χ2v) is 5.41. The van der Waals surface area contributed by atoms with Gasteiger partial charge in [0.05, 0.1) is 12.0 Å². The van der Waals surface area contributed by atoms with Gasteiger partial charge in [0.2, 0.25) is 5.75 Å². The predicted octanol–water partition coefficient (Wildman–Crippen LogP) is 4.00. The van der Waals surface area contributed by atoms with Gasteiger partial charge in [-0.2, -0.15) is 0 Å². The molecule has 1 aromatic heterocycles. The molecule has 0 N–H and O–H groups in total. The Labute approximate surface area is 126 Å². The van der Waals surface area contributed by atoms with Gasteiger partial charge in [-0.3, -0.25) is 10.1 Å². The zero-order chi connectivity index (χ0) is 14.7. The first kappa shape index (κ1) is 14.5. The highest BCUT2D eigenvalue weighted by molar-refractivity contribution is 9.10. The van der Waals surface area contributed by atoms with E-state index in [9.17, 15) is 14.9 Å². The van der Waals surface area contributed by atoms with Crippen LogP contribution < -0.4 is 4.74 Å². The van der Waals surface area contributed by atoms with Crippen LogP contribution in [0.3, 0.4) is 0 Å². The molecule has 0 saturated heterocycles. The average Bonchev–Trinajstić information content (AvgIpc) is 2.87. The summed E-state index contributed by atoms with van der Waals surface area (Å²) >= 11 is 4.30. The molecule has 0 fully saturated rings. The van der Waals surface area contributed by atoms with Gasteiger partial charge in [-0.1, -0.05) is 15.9 Å². The number of halogens is 1. The highest BCUT2D eigenvalue weighted by atomic mass is 79.9. The number of carbonyl (C=O) groups is 1. The molecule has 0 amide bonds.